The predicted octanol–water partition coefficient (Wildman–Crippen LogP) is 5.29. The number of hydrogen-bond donors (Lipinski definition) is 4. The maximum absolute atomic E-state index is 9.06. The predicted molar refractivity (Wildman–Crippen MR) is 150 cm³/mol. The van der Waals surface area contributed by atoms with E-state index in [2.05, 4.69) is 30.6 Å². The molecular formula is C27H28Cl2N6O4. The van der Waals surface area contributed by atoms with Gasteiger partial charge in [0, 0.05) is 29.7 Å². The second kappa shape index (κ2) is 14.5. The summed E-state index contributed by atoms with van der Waals surface area (Å²) in [5.41, 5.74) is 0. The van der Waals surface area contributed by atoms with Crippen LogP contribution in [0.3, 0.4) is 0 Å². The highest BCUT2D eigenvalue weighted by atomic mass is 35.5. The molecule has 0 bridgehead atoms. The smallest absolute Gasteiger partial charge is 0.187 e. The Morgan fingerprint density at radius 1 is 0.744 bits per heavy atom. The van der Waals surface area contributed by atoms with Crippen LogP contribution < -0.4 is 20.1 Å². The van der Waals surface area contributed by atoms with Crippen LogP contribution in [-0.2, 0) is 0 Å². The van der Waals surface area contributed by atoms with Crippen molar-refractivity contribution in [1.82, 2.24) is 19.9 Å². The summed E-state index contributed by atoms with van der Waals surface area (Å²) in [7, 11) is 0. The molecule has 2 heterocycles. The first-order valence-corrected chi connectivity index (χ1v) is 13.0. The number of aliphatic hydroxyl groups is 2. The average molecular weight is 571 g/mol. The average Bonchev–Trinajstić information content (AvgIpc) is 3.74. The lowest BCUT2D eigenvalue weighted by Gasteiger charge is -2.11. The van der Waals surface area contributed by atoms with Gasteiger partial charge in [0.25, 0.3) is 0 Å². The molecule has 12 heteroatoms. The Morgan fingerprint density at radius 2 is 1.26 bits per heavy atom. The molecule has 1 saturated carbocycles. The Kier molecular flexibility index (Phi) is 10.5. The summed E-state index contributed by atoms with van der Waals surface area (Å²) in [4.78, 5) is 16.1. The molecule has 1 fully saturated rings. The van der Waals surface area contributed by atoms with Crippen LogP contribution in [0.5, 0.6) is 23.0 Å². The molecular weight excluding hydrogens is 543 g/mol. The third-order valence-electron chi connectivity index (χ3n) is 5.68. The van der Waals surface area contributed by atoms with E-state index in [1.807, 2.05) is 0 Å². The van der Waals surface area contributed by atoms with Gasteiger partial charge in [-0.25, -0.2) is 19.9 Å². The minimum absolute atomic E-state index is 0.0182. The Labute approximate surface area is 236 Å². The highest BCUT2D eigenvalue weighted by molar-refractivity contribution is 6.30. The summed E-state index contributed by atoms with van der Waals surface area (Å²) in [5, 5.41) is 25.3. The van der Waals surface area contributed by atoms with E-state index in [1.54, 1.807) is 60.9 Å². The molecule has 204 valence electrons. The highest BCUT2D eigenvalue weighted by Gasteiger charge is 2.36. The number of benzene rings is 2. The minimum atomic E-state index is 0.0182. The zero-order valence-corrected chi connectivity index (χ0v) is 22.4. The first kappa shape index (κ1) is 28.3. The zero-order chi connectivity index (χ0) is 27.5. The molecule has 2 aromatic heterocycles. The SMILES string of the molecule is OCCNc1ncncc1Oc1ccc(Cl)cc1.OC[C@@H]1C[C@H]1CNc1ncncc1Oc1ccc(Cl)cc1. The maximum atomic E-state index is 9.06. The molecule has 10 nitrogen and oxygen atoms in total. The molecule has 2 atom stereocenters. The van der Waals surface area contributed by atoms with E-state index in [-0.39, 0.29) is 13.2 Å². The van der Waals surface area contributed by atoms with Crippen LogP contribution in [0.1, 0.15) is 6.42 Å². The molecule has 0 saturated heterocycles. The maximum Gasteiger partial charge on any atom is 0.187 e. The topological polar surface area (TPSA) is 135 Å². The van der Waals surface area contributed by atoms with Gasteiger partial charge in [0.1, 0.15) is 24.2 Å². The molecule has 4 aromatic rings. The lowest BCUT2D eigenvalue weighted by molar-refractivity contribution is 0.270. The summed E-state index contributed by atoms with van der Waals surface area (Å²) in [6.07, 6.45) is 7.13. The second-order valence-corrected chi connectivity index (χ2v) is 9.43. The standard InChI is InChI=1S/C15H16ClN3O2.C12H12ClN3O2/c16-12-1-3-13(4-2-12)21-14-7-17-9-19-15(14)18-6-10-5-11(10)8-20;13-9-1-3-10(4-2-9)18-11-7-14-8-16-12(11)15-5-6-17/h1-4,7,9-11,20H,5-6,8H2,(H,17,18,19);1-4,7-8,17H,5-6H2,(H,14,15,16)/t10-,11-;/m0./s1. The third kappa shape index (κ3) is 8.93. The van der Waals surface area contributed by atoms with E-state index in [0.717, 1.165) is 13.0 Å². The third-order valence-corrected chi connectivity index (χ3v) is 6.18. The monoisotopic (exact) mass is 570 g/mol. The minimum Gasteiger partial charge on any atom is -0.452 e. The number of aliphatic hydroxyl groups excluding tert-OH is 2. The van der Waals surface area contributed by atoms with Gasteiger partial charge in [0.2, 0.25) is 0 Å². The van der Waals surface area contributed by atoms with E-state index in [9.17, 15) is 0 Å². The van der Waals surface area contributed by atoms with E-state index in [0.29, 0.717) is 63.1 Å². The van der Waals surface area contributed by atoms with Gasteiger partial charge in [-0.1, -0.05) is 23.2 Å². The quantitative estimate of drug-likeness (QED) is 0.188. The van der Waals surface area contributed by atoms with Crippen molar-refractivity contribution >= 4 is 34.8 Å². The van der Waals surface area contributed by atoms with E-state index >= 15 is 0 Å². The number of aromatic nitrogens is 4. The zero-order valence-electron chi connectivity index (χ0n) is 20.9. The Morgan fingerprint density at radius 3 is 1.72 bits per heavy atom. The van der Waals surface area contributed by atoms with Crippen molar-refractivity contribution in [1.29, 1.82) is 0 Å². The van der Waals surface area contributed by atoms with Crippen molar-refractivity contribution in [3.8, 4) is 23.0 Å². The first-order valence-electron chi connectivity index (χ1n) is 12.2. The van der Waals surface area contributed by atoms with Crippen molar-refractivity contribution in [3.05, 3.63) is 83.6 Å². The van der Waals surface area contributed by atoms with Gasteiger partial charge < -0.3 is 30.3 Å². The van der Waals surface area contributed by atoms with Crippen LogP contribution in [-0.4, -0.2) is 56.5 Å². The fourth-order valence-electron chi connectivity index (χ4n) is 3.49. The van der Waals surface area contributed by atoms with Gasteiger partial charge in [0.05, 0.1) is 19.0 Å². The van der Waals surface area contributed by atoms with Crippen LogP contribution in [0, 0.1) is 11.8 Å². The largest absolute Gasteiger partial charge is 0.452 e. The Hall–Kier alpha value is -3.70. The van der Waals surface area contributed by atoms with Crippen LogP contribution in [0.2, 0.25) is 10.0 Å². The number of hydrogen-bond acceptors (Lipinski definition) is 10. The van der Waals surface area contributed by atoms with Gasteiger partial charge in [-0.3, -0.25) is 0 Å². The van der Waals surface area contributed by atoms with E-state index in [1.165, 1.54) is 12.7 Å². The molecule has 0 unspecified atom stereocenters. The molecule has 1 aliphatic carbocycles. The molecule has 4 N–H and O–H groups in total. The van der Waals surface area contributed by atoms with Gasteiger partial charge in [-0.15, -0.1) is 0 Å². The fraction of sp³-hybridized carbons (Fsp3) is 0.259. The second-order valence-electron chi connectivity index (χ2n) is 8.55. The van der Waals surface area contributed by atoms with E-state index < -0.39 is 0 Å². The summed E-state index contributed by atoms with van der Waals surface area (Å²) >= 11 is 11.6. The molecule has 5 rings (SSSR count). The number of anilines is 2. The summed E-state index contributed by atoms with van der Waals surface area (Å²) in [5.74, 6) is 4.50. The van der Waals surface area contributed by atoms with Crippen molar-refractivity contribution < 1.29 is 19.7 Å². The van der Waals surface area contributed by atoms with Gasteiger partial charge in [0.15, 0.2) is 23.1 Å². The number of nitrogens with one attached hydrogen (secondary N) is 2. The molecule has 39 heavy (non-hydrogen) atoms. The summed E-state index contributed by atoms with van der Waals surface area (Å²) in [6, 6.07) is 14.1. The van der Waals surface area contributed by atoms with E-state index in [4.69, 9.17) is 42.9 Å². The summed E-state index contributed by atoms with van der Waals surface area (Å²) < 4.78 is 11.4. The molecule has 0 radical (unpaired) electrons. The Balaban J connectivity index is 0.000000183. The van der Waals surface area contributed by atoms with Crippen molar-refractivity contribution in [2.45, 2.75) is 6.42 Å². The lowest BCUT2D eigenvalue weighted by Crippen LogP contribution is -2.08. The first-order chi connectivity index (χ1) is 19.1. The summed E-state index contributed by atoms with van der Waals surface area (Å²) in [6.45, 7) is 1.45. The number of nitrogens with zero attached hydrogens (tertiary/aromatic N) is 4. The van der Waals surface area contributed by atoms with Crippen LogP contribution >= 0.6 is 23.2 Å². The van der Waals surface area contributed by atoms with Crippen LogP contribution in [0.15, 0.2) is 73.6 Å². The number of halogens is 2. The van der Waals surface area contributed by atoms with Crippen LogP contribution in [0.4, 0.5) is 11.6 Å². The van der Waals surface area contributed by atoms with Crippen molar-refractivity contribution in [2.75, 3.05) is 36.9 Å². The molecule has 2 aromatic carbocycles. The lowest BCUT2D eigenvalue weighted by atomic mass is 10.3. The molecule has 1 aliphatic rings. The van der Waals surface area contributed by atoms with Gasteiger partial charge >= 0.3 is 0 Å². The molecule has 0 spiro atoms. The van der Waals surface area contributed by atoms with Gasteiger partial charge in [-0.2, -0.15) is 0 Å². The number of ether oxygens (including phenoxy) is 2. The van der Waals surface area contributed by atoms with Gasteiger partial charge in [-0.05, 0) is 66.8 Å². The highest BCUT2D eigenvalue weighted by Crippen LogP contribution is 2.38. The van der Waals surface area contributed by atoms with Crippen molar-refractivity contribution in [3.63, 3.8) is 0 Å². The molecule has 0 amide bonds. The van der Waals surface area contributed by atoms with Crippen molar-refractivity contribution in [2.24, 2.45) is 11.8 Å². The fourth-order valence-corrected chi connectivity index (χ4v) is 3.75. The molecule has 0 aliphatic heterocycles. The number of rotatable bonds is 11. The van der Waals surface area contributed by atoms with Crippen LogP contribution in [0.25, 0.3) is 0 Å². The Bertz CT molecular complexity index is 1310. The normalized spacial score (nSPS) is 15.5.